The van der Waals surface area contributed by atoms with Crippen LogP contribution >= 0.6 is 11.6 Å². The maximum absolute atomic E-state index is 11.7. The highest BCUT2D eigenvalue weighted by atomic mass is 35.5. The van der Waals surface area contributed by atoms with Gasteiger partial charge in [0, 0.05) is 13.7 Å². The van der Waals surface area contributed by atoms with Gasteiger partial charge in [-0.1, -0.05) is 0 Å². The molecule has 0 fully saturated rings. The van der Waals surface area contributed by atoms with Crippen molar-refractivity contribution < 1.29 is 13.2 Å². The molecule has 8 heteroatoms. The predicted molar refractivity (Wildman–Crippen MR) is 64.6 cm³/mol. The van der Waals surface area contributed by atoms with Gasteiger partial charge in [0.1, 0.15) is 5.82 Å². The first kappa shape index (κ1) is 14.4. The fourth-order valence-corrected chi connectivity index (χ4v) is 2.48. The van der Waals surface area contributed by atoms with Crippen LogP contribution in [0.1, 0.15) is 12.2 Å². The highest BCUT2D eigenvalue weighted by Crippen LogP contribution is 2.06. The zero-order valence-corrected chi connectivity index (χ0v) is 11.3. The second kappa shape index (κ2) is 6.34. The maximum atomic E-state index is 11.7. The van der Waals surface area contributed by atoms with E-state index in [2.05, 4.69) is 14.7 Å². The molecule has 0 bridgehead atoms. The van der Waals surface area contributed by atoms with Gasteiger partial charge in [0.15, 0.2) is 5.03 Å². The van der Waals surface area contributed by atoms with Crippen LogP contribution < -0.4 is 4.72 Å². The van der Waals surface area contributed by atoms with Gasteiger partial charge >= 0.3 is 0 Å². The summed E-state index contributed by atoms with van der Waals surface area (Å²) < 4.78 is 30.7. The van der Waals surface area contributed by atoms with E-state index in [1.807, 2.05) is 0 Å². The minimum atomic E-state index is -3.52. The first-order valence-electron chi connectivity index (χ1n) is 5.10. The average Bonchev–Trinajstić information content (AvgIpc) is 2.65. The van der Waals surface area contributed by atoms with E-state index in [0.29, 0.717) is 18.9 Å². The number of aromatic amines is 1. The number of imidazole rings is 1. The first-order chi connectivity index (χ1) is 7.95. The van der Waals surface area contributed by atoms with Crippen LogP contribution in [0.4, 0.5) is 0 Å². The maximum Gasteiger partial charge on any atom is 0.257 e. The number of methoxy groups -OCH3 is 1. The zero-order chi connectivity index (χ0) is 12.9. The molecule has 1 atom stereocenters. The third-order valence-corrected chi connectivity index (χ3v) is 3.78. The van der Waals surface area contributed by atoms with Crippen LogP contribution in [-0.2, 0) is 14.8 Å². The molecule has 2 N–H and O–H groups in total. The summed E-state index contributed by atoms with van der Waals surface area (Å²) in [6.07, 6.45) is 1.78. The van der Waals surface area contributed by atoms with Crippen LogP contribution in [-0.4, -0.2) is 44.0 Å². The van der Waals surface area contributed by atoms with E-state index in [1.54, 1.807) is 14.0 Å². The quantitative estimate of drug-likeness (QED) is 0.719. The standard InChI is InChI=1S/C9H16ClN3O3S/c1-7-11-5-9(13-7)17(14,15)12-4-3-8(10)6-16-2/h5,8,12H,3-4,6H2,1-2H3,(H,11,13). The number of aromatic nitrogens is 2. The molecule has 0 saturated heterocycles. The molecule has 0 spiro atoms. The van der Waals surface area contributed by atoms with Gasteiger partial charge < -0.3 is 9.72 Å². The van der Waals surface area contributed by atoms with Crippen LogP contribution in [0.3, 0.4) is 0 Å². The van der Waals surface area contributed by atoms with Crippen molar-refractivity contribution in [1.29, 1.82) is 0 Å². The Morgan fingerprint density at radius 3 is 2.88 bits per heavy atom. The summed E-state index contributed by atoms with van der Waals surface area (Å²) in [5, 5.41) is -0.140. The molecule has 6 nitrogen and oxygen atoms in total. The van der Waals surface area contributed by atoms with Crippen LogP contribution in [0.2, 0.25) is 0 Å². The van der Waals surface area contributed by atoms with Crippen molar-refractivity contribution in [3.8, 4) is 0 Å². The van der Waals surface area contributed by atoms with Gasteiger partial charge in [-0.3, -0.25) is 0 Å². The van der Waals surface area contributed by atoms with Crippen molar-refractivity contribution in [3.63, 3.8) is 0 Å². The first-order valence-corrected chi connectivity index (χ1v) is 7.02. The summed E-state index contributed by atoms with van der Waals surface area (Å²) in [7, 11) is -1.97. The molecule has 0 aliphatic heterocycles. The minimum Gasteiger partial charge on any atom is -0.383 e. The predicted octanol–water partition coefficient (Wildman–Crippen LogP) is 0.640. The van der Waals surface area contributed by atoms with Gasteiger partial charge in [-0.15, -0.1) is 11.6 Å². The molecule has 1 aromatic rings. The molecule has 1 unspecified atom stereocenters. The number of ether oxygens (including phenoxy) is 1. The van der Waals surface area contributed by atoms with E-state index in [1.165, 1.54) is 6.20 Å². The molecule has 0 amide bonds. The van der Waals surface area contributed by atoms with Crippen LogP contribution in [0.25, 0.3) is 0 Å². The molecule has 1 aromatic heterocycles. The number of nitrogens with zero attached hydrogens (tertiary/aromatic N) is 1. The molecule has 0 radical (unpaired) electrons. The zero-order valence-electron chi connectivity index (χ0n) is 9.73. The van der Waals surface area contributed by atoms with E-state index in [0.717, 1.165) is 0 Å². The van der Waals surface area contributed by atoms with Crippen molar-refractivity contribution in [2.45, 2.75) is 23.7 Å². The molecule has 17 heavy (non-hydrogen) atoms. The number of H-pyrrole nitrogens is 1. The molecule has 0 aliphatic rings. The molecule has 98 valence electrons. The molecule has 1 rings (SSSR count). The van der Waals surface area contributed by atoms with Gasteiger partial charge in [0.05, 0.1) is 18.2 Å². The molecule has 0 aromatic carbocycles. The van der Waals surface area contributed by atoms with Crippen molar-refractivity contribution in [3.05, 3.63) is 12.0 Å². The molecule has 0 saturated carbocycles. The van der Waals surface area contributed by atoms with Gasteiger partial charge in [-0.2, -0.15) is 0 Å². The lowest BCUT2D eigenvalue weighted by molar-refractivity contribution is 0.196. The van der Waals surface area contributed by atoms with E-state index in [9.17, 15) is 8.42 Å². The number of rotatable bonds is 7. The van der Waals surface area contributed by atoms with Crippen molar-refractivity contribution in [2.75, 3.05) is 20.3 Å². The van der Waals surface area contributed by atoms with Crippen LogP contribution in [0.15, 0.2) is 11.2 Å². The highest BCUT2D eigenvalue weighted by molar-refractivity contribution is 7.89. The SMILES string of the molecule is COCC(Cl)CCNS(=O)(=O)c1cnc(C)[nH]1. The minimum absolute atomic E-state index is 0.0628. The number of aryl methyl sites for hydroxylation is 1. The lowest BCUT2D eigenvalue weighted by Crippen LogP contribution is -2.27. The summed E-state index contributed by atoms with van der Waals surface area (Å²) in [6, 6.07) is 0. The Labute approximate surface area is 106 Å². The van der Waals surface area contributed by atoms with Gasteiger partial charge in [-0.25, -0.2) is 18.1 Å². The molecule has 1 heterocycles. The van der Waals surface area contributed by atoms with Gasteiger partial charge in [-0.05, 0) is 13.3 Å². The van der Waals surface area contributed by atoms with Crippen molar-refractivity contribution in [1.82, 2.24) is 14.7 Å². The summed E-state index contributed by atoms with van der Waals surface area (Å²) in [6.45, 7) is 2.34. The lowest BCUT2D eigenvalue weighted by atomic mass is 10.3. The Morgan fingerprint density at radius 1 is 1.65 bits per heavy atom. The Morgan fingerprint density at radius 2 is 2.35 bits per heavy atom. The average molecular weight is 282 g/mol. The van der Waals surface area contributed by atoms with Crippen molar-refractivity contribution in [2.24, 2.45) is 0 Å². The molecular formula is C9H16ClN3O3S. The van der Waals surface area contributed by atoms with Gasteiger partial charge in [0.25, 0.3) is 10.0 Å². The topological polar surface area (TPSA) is 84.1 Å². The second-order valence-electron chi connectivity index (χ2n) is 3.57. The Balaban J connectivity index is 2.46. The second-order valence-corrected chi connectivity index (χ2v) is 5.92. The number of hydrogen-bond acceptors (Lipinski definition) is 4. The fourth-order valence-electron chi connectivity index (χ4n) is 1.23. The largest absolute Gasteiger partial charge is 0.383 e. The lowest BCUT2D eigenvalue weighted by Gasteiger charge is -2.08. The monoisotopic (exact) mass is 281 g/mol. The van der Waals surface area contributed by atoms with E-state index in [-0.39, 0.29) is 16.9 Å². The summed E-state index contributed by atoms with van der Waals surface area (Å²) in [5.74, 6) is 0.556. The number of sulfonamides is 1. The van der Waals surface area contributed by atoms with Gasteiger partial charge in [0.2, 0.25) is 0 Å². The Kier molecular flexibility index (Phi) is 5.38. The number of alkyl halides is 1. The van der Waals surface area contributed by atoms with E-state index >= 15 is 0 Å². The van der Waals surface area contributed by atoms with Crippen molar-refractivity contribution >= 4 is 21.6 Å². The number of hydrogen-bond donors (Lipinski definition) is 2. The number of nitrogens with one attached hydrogen (secondary N) is 2. The fraction of sp³-hybridized carbons (Fsp3) is 0.667. The summed E-state index contributed by atoms with van der Waals surface area (Å²) in [4.78, 5) is 6.50. The molecular weight excluding hydrogens is 266 g/mol. The number of halogens is 1. The normalized spacial score (nSPS) is 13.8. The summed E-state index contributed by atoms with van der Waals surface area (Å²) >= 11 is 5.88. The molecule has 0 aliphatic carbocycles. The Bertz CT molecular complexity index is 446. The highest BCUT2D eigenvalue weighted by Gasteiger charge is 2.16. The van der Waals surface area contributed by atoms with E-state index in [4.69, 9.17) is 16.3 Å². The van der Waals surface area contributed by atoms with E-state index < -0.39 is 10.0 Å². The van der Waals surface area contributed by atoms with Crippen LogP contribution in [0.5, 0.6) is 0 Å². The summed E-state index contributed by atoms with van der Waals surface area (Å²) in [5.41, 5.74) is 0. The Hall–Kier alpha value is -0.630. The third kappa shape index (κ3) is 4.63. The van der Waals surface area contributed by atoms with Crippen LogP contribution in [0, 0.1) is 6.92 Å². The third-order valence-electron chi connectivity index (χ3n) is 2.07. The smallest absolute Gasteiger partial charge is 0.257 e.